The maximum atomic E-state index is 13.4. The average molecular weight is 517 g/mol. The van der Waals surface area contributed by atoms with Gasteiger partial charge in [-0.2, -0.15) is 4.31 Å². The lowest BCUT2D eigenvalue weighted by Crippen LogP contribution is -2.38. The molecule has 170 valence electrons. The largest absolute Gasteiger partial charge is 0.508 e. The van der Waals surface area contributed by atoms with Crippen LogP contribution in [0.1, 0.15) is 61.6 Å². The van der Waals surface area contributed by atoms with Crippen molar-refractivity contribution in [2.24, 2.45) is 5.92 Å². The number of nitrogens with one attached hydrogen (secondary N) is 1. The van der Waals surface area contributed by atoms with Crippen molar-refractivity contribution in [2.75, 3.05) is 12.4 Å². The second-order valence-electron chi connectivity index (χ2n) is 9.24. The Hall–Kier alpha value is -1.83. The van der Waals surface area contributed by atoms with Gasteiger partial charge in [0.2, 0.25) is 10.0 Å². The topological polar surface area (TPSA) is 69.6 Å². The minimum atomic E-state index is -3.54. The number of hydrogen-bond acceptors (Lipinski definition) is 4. The molecule has 0 aromatic heterocycles. The average Bonchev–Trinajstić information content (AvgIpc) is 3.30. The zero-order chi connectivity index (χ0) is 22.5. The van der Waals surface area contributed by atoms with Gasteiger partial charge in [0.25, 0.3) is 0 Å². The molecule has 0 bridgehead atoms. The van der Waals surface area contributed by atoms with Crippen LogP contribution in [-0.4, -0.2) is 30.9 Å². The lowest BCUT2D eigenvalue weighted by molar-refractivity contribution is 0.286. The van der Waals surface area contributed by atoms with Crippen LogP contribution in [0.4, 0.5) is 5.69 Å². The Morgan fingerprint density at radius 2 is 1.84 bits per heavy atom. The molecule has 1 aliphatic heterocycles. The number of nitrogens with zero attached hydrogens (tertiary/aromatic N) is 1. The summed E-state index contributed by atoms with van der Waals surface area (Å²) in [4.78, 5) is 0.369. The minimum absolute atomic E-state index is 0.0487. The molecule has 2 N–H and O–H groups in total. The number of aromatic hydroxyl groups is 1. The van der Waals surface area contributed by atoms with E-state index in [4.69, 9.17) is 0 Å². The molecule has 0 spiro atoms. The third-order valence-corrected chi connectivity index (χ3v) is 9.82. The molecule has 7 heteroatoms. The van der Waals surface area contributed by atoms with Gasteiger partial charge in [-0.05, 0) is 67.1 Å². The predicted octanol–water partition coefficient (Wildman–Crippen LogP) is 5.93. The van der Waals surface area contributed by atoms with Gasteiger partial charge in [0, 0.05) is 34.7 Å². The Morgan fingerprint density at radius 1 is 1.06 bits per heavy atom. The molecule has 32 heavy (non-hydrogen) atoms. The molecule has 1 fully saturated rings. The smallest absolute Gasteiger partial charge is 0.243 e. The van der Waals surface area contributed by atoms with Crippen molar-refractivity contribution in [3.8, 4) is 5.75 Å². The van der Waals surface area contributed by atoms with Crippen molar-refractivity contribution in [1.82, 2.24) is 4.31 Å². The van der Waals surface area contributed by atoms with E-state index in [9.17, 15) is 13.5 Å². The summed E-state index contributed by atoms with van der Waals surface area (Å²) in [5.74, 6) is 0.606. The SMILES string of the molecule is CN(C1CCCCC1)S(=O)(=O)c1ccc2c(c1)C1C=CCC1C(c1cc(Br)ccc1O)N2. The zero-order valence-electron chi connectivity index (χ0n) is 18.2. The number of hydrogen-bond donors (Lipinski definition) is 2. The van der Waals surface area contributed by atoms with Gasteiger partial charge in [0.05, 0.1) is 10.9 Å². The van der Waals surface area contributed by atoms with E-state index >= 15 is 0 Å². The summed E-state index contributed by atoms with van der Waals surface area (Å²) in [6.07, 6.45) is 10.5. The monoisotopic (exact) mass is 516 g/mol. The molecular weight excluding hydrogens is 488 g/mol. The molecule has 5 rings (SSSR count). The van der Waals surface area contributed by atoms with Gasteiger partial charge in [0.15, 0.2) is 0 Å². The highest BCUT2D eigenvalue weighted by Gasteiger charge is 2.40. The number of fused-ring (bicyclic) bond motifs is 3. The van der Waals surface area contributed by atoms with Crippen molar-refractivity contribution in [3.63, 3.8) is 0 Å². The van der Waals surface area contributed by atoms with Crippen LogP contribution in [0.2, 0.25) is 0 Å². The van der Waals surface area contributed by atoms with Crippen molar-refractivity contribution in [1.29, 1.82) is 0 Å². The first-order valence-electron chi connectivity index (χ1n) is 11.4. The number of sulfonamides is 1. The summed E-state index contributed by atoms with van der Waals surface area (Å²) >= 11 is 3.52. The Kier molecular flexibility index (Phi) is 5.84. The molecule has 3 aliphatic rings. The van der Waals surface area contributed by atoms with Crippen molar-refractivity contribution < 1.29 is 13.5 Å². The Balaban J connectivity index is 1.50. The summed E-state index contributed by atoms with van der Waals surface area (Å²) < 4.78 is 29.4. The number of benzene rings is 2. The van der Waals surface area contributed by atoms with Crippen LogP contribution >= 0.6 is 15.9 Å². The van der Waals surface area contributed by atoms with Gasteiger partial charge in [0.1, 0.15) is 5.75 Å². The summed E-state index contributed by atoms with van der Waals surface area (Å²) in [5, 5.41) is 14.1. The van der Waals surface area contributed by atoms with Gasteiger partial charge in [-0.15, -0.1) is 0 Å². The normalized spacial score (nSPS) is 25.4. The number of halogens is 1. The van der Waals surface area contributed by atoms with E-state index in [1.165, 1.54) is 6.42 Å². The third kappa shape index (κ3) is 3.78. The Labute approximate surface area is 198 Å². The maximum absolute atomic E-state index is 13.4. The van der Waals surface area contributed by atoms with Crippen LogP contribution in [0.15, 0.2) is 57.9 Å². The molecule has 2 aromatic carbocycles. The third-order valence-electron chi connectivity index (χ3n) is 7.42. The second kappa shape index (κ2) is 8.50. The summed E-state index contributed by atoms with van der Waals surface area (Å²) in [6.45, 7) is 0. The van der Waals surface area contributed by atoms with E-state index < -0.39 is 10.0 Å². The van der Waals surface area contributed by atoms with Crippen LogP contribution in [0, 0.1) is 5.92 Å². The summed E-state index contributed by atoms with van der Waals surface area (Å²) in [7, 11) is -1.81. The van der Waals surface area contributed by atoms with Crippen LogP contribution in [-0.2, 0) is 10.0 Å². The maximum Gasteiger partial charge on any atom is 0.243 e. The number of phenolic OH excluding ortho intramolecular Hbond substituents is 1. The molecule has 1 heterocycles. The van der Waals surface area contributed by atoms with E-state index in [1.54, 1.807) is 23.5 Å². The van der Waals surface area contributed by atoms with E-state index in [1.807, 2.05) is 24.3 Å². The quantitative estimate of drug-likeness (QED) is 0.493. The Morgan fingerprint density at radius 3 is 2.62 bits per heavy atom. The Bertz CT molecular complexity index is 1160. The highest BCUT2D eigenvalue weighted by atomic mass is 79.9. The van der Waals surface area contributed by atoms with E-state index in [0.29, 0.717) is 4.90 Å². The van der Waals surface area contributed by atoms with Crippen molar-refractivity contribution in [3.05, 3.63) is 64.1 Å². The first kappa shape index (κ1) is 22.0. The summed E-state index contributed by atoms with van der Waals surface area (Å²) in [6, 6.07) is 11.0. The van der Waals surface area contributed by atoms with Crippen LogP contribution < -0.4 is 5.32 Å². The molecule has 3 atom stereocenters. The van der Waals surface area contributed by atoms with Crippen LogP contribution in [0.25, 0.3) is 0 Å². The lowest BCUT2D eigenvalue weighted by Gasteiger charge is -2.38. The second-order valence-corrected chi connectivity index (χ2v) is 12.2. The highest BCUT2D eigenvalue weighted by Crippen LogP contribution is 2.51. The molecule has 0 radical (unpaired) electrons. The van der Waals surface area contributed by atoms with Gasteiger partial charge in [-0.1, -0.05) is 47.3 Å². The molecule has 3 unspecified atom stereocenters. The van der Waals surface area contributed by atoms with Gasteiger partial charge >= 0.3 is 0 Å². The minimum Gasteiger partial charge on any atom is -0.508 e. The molecule has 5 nitrogen and oxygen atoms in total. The fourth-order valence-electron chi connectivity index (χ4n) is 5.62. The lowest BCUT2D eigenvalue weighted by atomic mass is 9.77. The van der Waals surface area contributed by atoms with E-state index in [2.05, 4.69) is 33.4 Å². The highest BCUT2D eigenvalue weighted by molar-refractivity contribution is 9.10. The van der Waals surface area contributed by atoms with Crippen LogP contribution in [0.3, 0.4) is 0 Å². The van der Waals surface area contributed by atoms with Crippen molar-refractivity contribution in [2.45, 2.75) is 61.4 Å². The van der Waals surface area contributed by atoms with Gasteiger partial charge < -0.3 is 10.4 Å². The predicted molar refractivity (Wildman–Crippen MR) is 130 cm³/mol. The van der Waals surface area contributed by atoms with Crippen LogP contribution in [0.5, 0.6) is 5.75 Å². The molecule has 2 aromatic rings. The van der Waals surface area contributed by atoms with E-state index in [-0.39, 0.29) is 29.7 Å². The van der Waals surface area contributed by atoms with Crippen molar-refractivity contribution >= 4 is 31.6 Å². The standard InChI is InChI=1S/C25H29BrN2O3S/c1-28(17-6-3-2-4-7-17)32(30,31)18-11-12-23-21(15-18)19-8-5-9-20(19)25(27-23)22-14-16(26)10-13-24(22)29/h5,8,10-15,17,19-20,25,27,29H,2-4,6-7,9H2,1H3. The number of rotatable bonds is 4. The molecule has 0 amide bonds. The number of allylic oxidation sites excluding steroid dienone is 2. The van der Waals surface area contributed by atoms with Gasteiger partial charge in [-0.25, -0.2) is 8.42 Å². The fraction of sp³-hybridized carbons (Fsp3) is 0.440. The number of anilines is 1. The first-order chi connectivity index (χ1) is 15.4. The molecular formula is C25H29BrN2O3S. The molecule has 2 aliphatic carbocycles. The molecule has 0 saturated heterocycles. The summed E-state index contributed by atoms with van der Waals surface area (Å²) in [5.41, 5.74) is 2.81. The number of phenols is 1. The first-order valence-corrected chi connectivity index (χ1v) is 13.6. The zero-order valence-corrected chi connectivity index (χ0v) is 20.6. The molecule has 1 saturated carbocycles. The fourth-order valence-corrected chi connectivity index (χ4v) is 7.45. The van der Waals surface area contributed by atoms with E-state index in [0.717, 1.165) is 53.4 Å². The van der Waals surface area contributed by atoms with Gasteiger partial charge in [-0.3, -0.25) is 0 Å².